The first-order chi connectivity index (χ1) is 8.48. The van der Waals surface area contributed by atoms with Gasteiger partial charge < -0.3 is 10.1 Å². The minimum absolute atomic E-state index is 0.380. The fraction of sp³-hybridized carbons (Fsp3) is 0.250. The second-order valence-corrected chi connectivity index (χ2v) is 3.74. The topological polar surface area (TPSA) is 38.3 Å². The number of benzene rings is 1. The van der Waals surface area contributed by atoms with Crippen molar-refractivity contribution in [3.8, 4) is 5.75 Å². The van der Waals surface area contributed by atoms with Crippen LogP contribution in [-0.2, 0) is 4.79 Å². The summed E-state index contributed by atoms with van der Waals surface area (Å²) in [5, 5.41) is 1.75. The number of carbonyl (C=O) groups excluding carboxylic acids is 1. The van der Waals surface area contributed by atoms with E-state index in [1.807, 2.05) is 0 Å². The van der Waals surface area contributed by atoms with E-state index in [1.165, 1.54) is 0 Å². The SMILES string of the molecule is O=C(N/C=C1\CCOc2ccccc21)C(F)(F)F. The summed E-state index contributed by atoms with van der Waals surface area (Å²) in [6.45, 7) is 0.380. The Morgan fingerprint density at radius 1 is 1.33 bits per heavy atom. The Balaban J connectivity index is 2.18. The van der Waals surface area contributed by atoms with E-state index in [2.05, 4.69) is 0 Å². The summed E-state index contributed by atoms with van der Waals surface area (Å²) in [5.74, 6) is -1.37. The summed E-state index contributed by atoms with van der Waals surface area (Å²) in [6.07, 6.45) is -3.33. The van der Waals surface area contributed by atoms with Gasteiger partial charge in [0.25, 0.3) is 0 Å². The van der Waals surface area contributed by atoms with E-state index in [0.29, 0.717) is 29.9 Å². The van der Waals surface area contributed by atoms with Crippen molar-refractivity contribution < 1.29 is 22.7 Å². The number of ether oxygens (including phenoxy) is 1. The van der Waals surface area contributed by atoms with Crippen molar-refractivity contribution in [1.29, 1.82) is 0 Å². The van der Waals surface area contributed by atoms with E-state index < -0.39 is 12.1 Å². The van der Waals surface area contributed by atoms with E-state index in [9.17, 15) is 18.0 Å². The molecule has 1 aromatic carbocycles. The number of rotatable bonds is 1. The highest BCUT2D eigenvalue weighted by Crippen LogP contribution is 2.31. The lowest BCUT2D eigenvalue weighted by Gasteiger charge is -2.19. The molecule has 0 saturated carbocycles. The second-order valence-electron chi connectivity index (χ2n) is 3.74. The Morgan fingerprint density at radius 2 is 2.06 bits per heavy atom. The van der Waals surface area contributed by atoms with Crippen molar-refractivity contribution in [3.05, 3.63) is 36.0 Å². The maximum atomic E-state index is 12.0. The van der Waals surface area contributed by atoms with E-state index >= 15 is 0 Å². The normalized spacial score (nSPS) is 16.9. The maximum absolute atomic E-state index is 12.0. The summed E-state index contributed by atoms with van der Waals surface area (Å²) in [4.78, 5) is 10.7. The van der Waals surface area contributed by atoms with Gasteiger partial charge in [-0.05, 0) is 11.6 Å². The number of hydrogen-bond acceptors (Lipinski definition) is 2. The summed E-state index contributed by atoms with van der Waals surface area (Å²) in [7, 11) is 0. The van der Waals surface area contributed by atoms with Crippen LogP contribution in [-0.4, -0.2) is 18.7 Å². The number of para-hydroxylation sites is 1. The zero-order valence-electron chi connectivity index (χ0n) is 9.25. The zero-order chi connectivity index (χ0) is 13.2. The predicted octanol–water partition coefficient (Wildman–Crippen LogP) is 2.49. The standard InChI is InChI=1S/C12H10F3NO2/c13-12(14,15)11(17)16-7-8-5-6-18-10-4-2-1-3-9(8)10/h1-4,7H,5-6H2,(H,16,17)/b8-7+. The second kappa shape index (κ2) is 4.72. The molecule has 96 valence electrons. The average molecular weight is 257 g/mol. The molecule has 0 atom stereocenters. The van der Waals surface area contributed by atoms with Crippen molar-refractivity contribution in [2.75, 3.05) is 6.61 Å². The summed E-state index contributed by atoms with van der Waals surface area (Å²) in [6, 6.07) is 7.00. The van der Waals surface area contributed by atoms with E-state index in [-0.39, 0.29) is 0 Å². The van der Waals surface area contributed by atoms with Crippen LogP contribution in [0, 0.1) is 0 Å². The van der Waals surface area contributed by atoms with Gasteiger partial charge in [0.2, 0.25) is 0 Å². The fourth-order valence-electron chi connectivity index (χ4n) is 1.65. The van der Waals surface area contributed by atoms with Gasteiger partial charge in [-0.3, -0.25) is 4.79 Å². The highest BCUT2D eigenvalue weighted by molar-refractivity contribution is 5.84. The lowest BCUT2D eigenvalue weighted by atomic mass is 10.0. The highest BCUT2D eigenvalue weighted by atomic mass is 19.4. The Kier molecular flexibility index (Phi) is 3.27. The molecule has 0 aliphatic carbocycles. The molecule has 1 heterocycles. The van der Waals surface area contributed by atoms with Gasteiger partial charge in [0.05, 0.1) is 6.61 Å². The van der Waals surface area contributed by atoms with Crippen LogP contribution in [0.1, 0.15) is 12.0 Å². The Morgan fingerprint density at radius 3 is 2.78 bits per heavy atom. The maximum Gasteiger partial charge on any atom is 0.471 e. The number of alkyl halides is 3. The first kappa shape index (κ1) is 12.5. The van der Waals surface area contributed by atoms with Crippen LogP contribution >= 0.6 is 0 Å². The molecule has 0 spiro atoms. The largest absolute Gasteiger partial charge is 0.493 e. The minimum Gasteiger partial charge on any atom is -0.493 e. The first-order valence-corrected chi connectivity index (χ1v) is 5.27. The van der Waals surface area contributed by atoms with Gasteiger partial charge in [-0.15, -0.1) is 0 Å². The molecule has 1 aliphatic heterocycles. The van der Waals surface area contributed by atoms with Gasteiger partial charge >= 0.3 is 12.1 Å². The van der Waals surface area contributed by atoms with Gasteiger partial charge in [0.1, 0.15) is 5.75 Å². The molecule has 18 heavy (non-hydrogen) atoms. The van der Waals surface area contributed by atoms with E-state index in [1.54, 1.807) is 29.6 Å². The quantitative estimate of drug-likeness (QED) is 0.839. The average Bonchev–Trinajstić information content (AvgIpc) is 2.34. The van der Waals surface area contributed by atoms with Crippen molar-refractivity contribution in [3.63, 3.8) is 0 Å². The third kappa shape index (κ3) is 2.64. The molecule has 1 aliphatic rings. The van der Waals surface area contributed by atoms with Crippen LogP contribution in [0.3, 0.4) is 0 Å². The molecule has 1 amide bonds. The number of carbonyl (C=O) groups is 1. The Hall–Kier alpha value is -1.98. The van der Waals surface area contributed by atoms with Gasteiger partial charge in [-0.25, -0.2) is 0 Å². The third-order valence-electron chi connectivity index (χ3n) is 2.50. The third-order valence-corrected chi connectivity index (χ3v) is 2.50. The van der Waals surface area contributed by atoms with Gasteiger partial charge in [-0.1, -0.05) is 18.2 Å². The molecular formula is C12H10F3NO2. The van der Waals surface area contributed by atoms with Crippen molar-refractivity contribution >= 4 is 11.5 Å². The molecule has 1 aromatic rings. The molecule has 3 nitrogen and oxygen atoms in total. The van der Waals surface area contributed by atoms with Crippen molar-refractivity contribution in [2.45, 2.75) is 12.6 Å². The summed E-state index contributed by atoms with van der Waals surface area (Å²) < 4.78 is 41.5. The molecule has 0 aromatic heterocycles. The lowest BCUT2D eigenvalue weighted by molar-refractivity contribution is -0.172. The van der Waals surface area contributed by atoms with Crippen LogP contribution in [0.5, 0.6) is 5.75 Å². The smallest absolute Gasteiger partial charge is 0.471 e. The molecule has 2 rings (SSSR count). The molecule has 0 radical (unpaired) electrons. The number of nitrogens with one attached hydrogen (secondary N) is 1. The Bertz CT molecular complexity index is 494. The minimum atomic E-state index is -4.87. The molecule has 0 fully saturated rings. The number of amides is 1. The summed E-state index contributed by atoms with van der Waals surface area (Å²) in [5.41, 5.74) is 1.32. The van der Waals surface area contributed by atoms with Crippen LogP contribution < -0.4 is 10.1 Å². The first-order valence-electron chi connectivity index (χ1n) is 5.27. The number of fused-ring (bicyclic) bond motifs is 1. The molecular weight excluding hydrogens is 247 g/mol. The molecule has 0 unspecified atom stereocenters. The van der Waals surface area contributed by atoms with Crippen LogP contribution in [0.25, 0.3) is 5.57 Å². The lowest BCUT2D eigenvalue weighted by Crippen LogP contribution is -2.33. The van der Waals surface area contributed by atoms with Crippen molar-refractivity contribution in [1.82, 2.24) is 5.32 Å². The highest BCUT2D eigenvalue weighted by Gasteiger charge is 2.38. The van der Waals surface area contributed by atoms with Gasteiger partial charge in [0.15, 0.2) is 0 Å². The van der Waals surface area contributed by atoms with Gasteiger partial charge in [-0.2, -0.15) is 13.2 Å². The van der Waals surface area contributed by atoms with Crippen molar-refractivity contribution in [2.24, 2.45) is 0 Å². The summed E-state index contributed by atoms with van der Waals surface area (Å²) >= 11 is 0. The molecule has 6 heteroatoms. The predicted molar refractivity (Wildman–Crippen MR) is 58.7 cm³/mol. The molecule has 1 N–H and O–H groups in total. The van der Waals surface area contributed by atoms with Crippen LogP contribution in [0.4, 0.5) is 13.2 Å². The zero-order valence-corrected chi connectivity index (χ0v) is 9.25. The van der Waals surface area contributed by atoms with Crippen LogP contribution in [0.15, 0.2) is 30.5 Å². The number of halogens is 3. The fourth-order valence-corrected chi connectivity index (χ4v) is 1.65. The van der Waals surface area contributed by atoms with Crippen LogP contribution in [0.2, 0.25) is 0 Å². The Labute approximate surface area is 101 Å². The molecule has 0 saturated heterocycles. The van der Waals surface area contributed by atoms with Gasteiger partial charge in [0, 0.05) is 18.2 Å². The molecule has 0 bridgehead atoms. The van der Waals surface area contributed by atoms with E-state index in [4.69, 9.17) is 4.74 Å². The number of hydrogen-bond donors (Lipinski definition) is 1. The van der Waals surface area contributed by atoms with E-state index in [0.717, 1.165) is 6.20 Å². The monoisotopic (exact) mass is 257 g/mol.